The molecule has 3 rings (SSSR count). The molecular formula is C22H32O2. The summed E-state index contributed by atoms with van der Waals surface area (Å²) in [5, 5.41) is 10.7. The summed E-state index contributed by atoms with van der Waals surface area (Å²) in [7, 11) is 0. The minimum atomic E-state index is -0.705. The summed E-state index contributed by atoms with van der Waals surface area (Å²) < 4.78 is 6.37. The molecule has 2 aliphatic carbocycles. The number of rotatable bonds is 4. The first-order valence-corrected chi connectivity index (χ1v) is 9.35. The van der Waals surface area contributed by atoms with Gasteiger partial charge >= 0.3 is 0 Å². The molecule has 1 aromatic rings. The van der Waals surface area contributed by atoms with E-state index in [1.54, 1.807) is 0 Å². The van der Waals surface area contributed by atoms with Crippen LogP contribution in [0.2, 0.25) is 0 Å². The molecule has 2 nitrogen and oxygen atoms in total. The lowest BCUT2D eigenvalue weighted by Crippen LogP contribution is -2.42. The van der Waals surface area contributed by atoms with E-state index in [4.69, 9.17) is 4.74 Å². The van der Waals surface area contributed by atoms with Gasteiger partial charge in [0.05, 0.1) is 18.3 Å². The lowest BCUT2D eigenvalue weighted by molar-refractivity contribution is -0.00557. The smallest absolute Gasteiger partial charge is 0.0804 e. The van der Waals surface area contributed by atoms with Crippen LogP contribution in [-0.2, 0) is 11.3 Å². The van der Waals surface area contributed by atoms with Gasteiger partial charge in [-0.05, 0) is 54.6 Å². The fraction of sp³-hybridized carbons (Fsp3) is 0.636. The van der Waals surface area contributed by atoms with Crippen LogP contribution in [-0.4, -0.2) is 16.8 Å². The highest BCUT2D eigenvalue weighted by Gasteiger charge is 2.51. The Bertz CT molecular complexity index is 600. The summed E-state index contributed by atoms with van der Waals surface area (Å²) in [6.45, 7) is 9.70. The molecule has 1 fully saturated rings. The summed E-state index contributed by atoms with van der Waals surface area (Å²) in [4.78, 5) is 0. The molecule has 132 valence electrons. The van der Waals surface area contributed by atoms with Gasteiger partial charge in [-0.1, -0.05) is 63.6 Å². The molecule has 0 aromatic heterocycles. The van der Waals surface area contributed by atoms with Gasteiger partial charge in [-0.15, -0.1) is 0 Å². The molecule has 0 amide bonds. The highest BCUT2D eigenvalue weighted by atomic mass is 16.5. The molecule has 1 saturated carbocycles. The quantitative estimate of drug-likeness (QED) is 0.764. The molecule has 0 bridgehead atoms. The van der Waals surface area contributed by atoms with Crippen LogP contribution < -0.4 is 0 Å². The molecular weight excluding hydrogens is 296 g/mol. The molecule has 0 heterocycles. The van der Waals surface area contributed by atoms with E-state index in [0.717, 1.165) is 12.8 Å². The average molecular weight is 328 g/mol. The van der Waals surface area contributed by atoms with E-state index in [1.807, 2.05) is 13.0 Å². The molecule has 0 spiro atoms. The van der Waals surface area contributed by atoms with Gasteiger partial charge in [0.1, 0.15) is 0 Å². The third-order valence-electron chi connectivity index (χ3n) is 6.63. The first-order valence-electron chi connectivity index (χ1n) is 9.35. The van der Waals surface area contributed by atoms with E-state index in [-0.39, 0.29) is 16.9 Å². The second-order valence-corrected chi connectivity index (χ2v) is 8.85. The van der Waals surface area contributed by atoms with Crippen LogP contribution >= 0.6 is 0 Å². The third kappa shape index (κ3) is 3.32. The van der Waals surface area contributed by atoms with Crippen LogP contribution in [0.1, 0.15) is 65.4 Å². The minimum absolute atomic E-state index is 0.110. The Balaban J connectivity index is 1.85. The van der Waals surface area contributed by atoms with E-state index >= 15 is 0 Å². The highest BCUT2D eigenvalue weighted by molar-refractivity contribution is 5.29. The van der Waals surface area contributed by atoms with Crippen molar-refractivity contribution in [2.45, 2.75) is 78.1 Å². The van der Waals surface area contributed by atoms with Crippen molar-refractivity contribution in [2.75, 3.05) is 0 Å². The van der Waals surface area contributed by atoms with Crippen molar-refractivity contribution in [3.05, 3.63) is 47.5 Å². The summed E-state index contributed by atoms with van der Waals surface area (Å²) in [5.41, 5.74) is 2.20. The molecule has 2 aliphatic rings. The van der Waals surface area contributed by atoms with Crippen LogP contribution in [0.5, 0.6) is 0 Å². The van der Waals surface area contributed by atoms with Gasteiger partial charge in [0.15, 0.2) is 0 Å². The fourth-order valence-electron chi connectivity index (χ4n) is 4.57. The normalized spacial score (nSPS) is 35.7. The van der Waals surface area contributed by atoms with Gasteiger partial charge in [0, 0.05) is 0 Å². The van der Waals surface area contributed by atoms with E-state index in [1.165, 1.54) is 30.4 Å². The Morgan fingerprint density at radius 3 is 2.38 bits per heavy atom. The zero-order valence-electron chi connectivity index (χ0n) is 15.6. The zero-order chi connectivity index (χ0) is 17.4. The first-order chi connectivity index (χ1) is 11.2. The summed E-state index contributed by atoms with van der Waals surface area (Å²) >= 11 is 0. The minimum Gasteiger partial charge on any atom is -0.386 e. The van der Waals surface area contributed by atoms with E-state index in [9.17, 15) is 5.11 Å². The van der Waals surface area contributed by atoms with Crippen molar-refractivity contribution in [3.63, 3.8) is 0 Å². The summed E-state index contributed by atoms with van der Waals surface area (Å²) in [6, 6.07) is 10.4. The number of ether oxygens (including phenoxy) is 1. The van der Waals surface area contributed by atoms with Gasteiger partial charge in [-0.25, -0.2) is 0 Å². The Hall–Kier alpha value is -1.12. The van der Waals surface area contributed by atoms with Crippen LogP contribution in [0, 0.1) is 10.8 Å². The van der Waals surface area contributed by atoms with Crippen LogP contribution in [0.3, 0.4) is 0 Å². The SMILES string of the molecule is CC1(C)CCC[C@]1(C)C1=C[C@](C)(O)CC[C@@H]1OCc1ccccc1. The van der Waals surface area contributed by atoms with Gasteiger partial charge in [0.2, 0.25) is 0 Å². The lowest BCUT2D eigenvalue weighted by atomic mass is 9.61. The standard InChI is InChI=1S/C22H32O2/c1-20(2)12-8-13-22(20,4)18-15-21(3,23)14-11-19(18)24-16-17-9-6-5-7-10-17/h5-7,9-10,15,19,23H,8,11-14,16H2,1-4H3/t19-,21+,22+/m0/s1. The lowest BCUT2D eigenvalue weighted by Gasteiger charge is -2.46. The highest BCUT2D eigenvalue weighted by Crippen LogP contribution is 2.59. The number of aliphatic hydroxyl groups is 1. The second-order valence-electron chi connectivity index (χ2n) is 8.85. The van der Waals surface area contributed by atoms with Crippen molar-refractivity contribution in [3.8, 4) is 0 Å². The Labute approximate surface area is 146 Å². The van der Waals surface area contributed by atoms with E-state index in [2.05, 4.69) is 51.1 Å². The number of benzene rings is 1. The van der Waals surface area contributed by atoms with Gasteiger partial charge in [0.25, 0.3) is 0 Å². The van der Waals surface area contributed by atoms with Crippen molar-refractivity contribution >= 4 is 0 Å². The predicted molar refractivity (Wildman–Crippen MR) is 98.7 cm³/mol. The van der Waals surface area contributed by atoms with E-state index in [0.29, 0.717) is 6.61 Å². The predicted octanol–water partition coefficient (Wildman–Crippen LogP) is 5.26. The monoisotopic (exact) mass is 328 g/mol. The Morgan fingerprint density at radius 2 is 1.75 bits per heavy atom. The molecule has 3 atom stereocenters. The fourth-order valence-corrected chi connectivity index (χ4v) is 4.57. The molecule has 0 radical (unpaired) electrons. The Morgan fingerprint density at radius 1 is 1.04 bits per heavy atom. The molecule has 0 saturated heterocycles. The van der Waals surface area contributed by atoms with Crippen molar-refractivity contribution in [2.24, 2.45) is 10.8 Å². The number of hydrogen-bond donors (Lipinski definition) is 1. The molecule has 0 unspecified atom stereocenters. The summed E-state index contributed by atoms with van der Waals surface area (Å²) in [6.07, 6.45) is 7.60. The average Bonchev–Trinajstić information content (AvgIpc) is 2.81. The van der Waals surface area contributed by atoms with Crippen molar-refractivity contribution in [1.82, 2.24) is 0 Å². The van der Waals surface area contributed by atoms with Gasteiger partial charge in [-0.2, -0.15) is 0 Å². The summed E-state index contributed by atoms with van der Waals surface area (Å²) in [5.74, 6) is 0. The van der Waals surface area contributed by atoms with Crippen LogP contribution in [0.25, 0.3) is 0 Å². The van der Waals surface area contributed by atoms with Crippen LogP contribution in [0.4, 0.5) is 0 Å². The van der Waals surface area contributed by atoms with Gasteiger partial charge in [-0.3, -0.25) is 0 Å². The zero-order valence-corrected chi connectivity index (χ0v) is 15.6. The van der Waals surface area contributed by atoms with Crippen molar-refractivity contribution in [1.29, 1.82) is 0 Å². The Kier molecular flexibility index (Phi) is 4.65. The topological polar surface area (TPSA) is 29.5 Å². The maximum absolute atomic E-state index is 10.7. The second kappa shape index (κ2) is 6.31. The first kappa shape index (κ1) is 17.7. The van der Waals surface area contributed by atoms with E-state index < -0.39 is 5.60 Å². The maximum Gasteiger partial charge on any atom is 0.0804 e. The molecule has 2 heteroatoms. The van der Waals surface area contributed by atoms with Crippen LogP contribution in [0.15, 0.2) is 42.0 Å². The largest absolute Gasteiger partial charge is 0.386 e. The third-order valence-corrected chi connectivity index (χ3v) is 6.63. The molecule has 1 N–H and O–H groups in total. The van der Waals surface area contributed by atoms with Gasteiger partial charge < -0.3 is 9.84 Å². The molecule has 1 aromatic carbocycles. The number of hydrogen-bond acceptors (Lipinski definition) is 2. The van der Waals surface area contributed by atoms with Crippen molar-refractivity contribution < 1.29 is 9.84 Å². The maximum atomic E-state index is 10.7. The molecule has 24 heavy (non-hydrogen) atoms. The molecule has 0 aliphatic heterocycles.